The van der Waals surface area contributed by atoms with Crippen molar-refractivity contribution in [2.75, 3.05) is 13.7 Å². The average Bonchev–Trinajstić information content (AvgIpc) is 3.10. The first kappa shape index (κ1) is 17.4. The molecule has 0 bridgehead atoms. The predicted molar refractivity (Wildman–Crippen MR) is 105 cm³/mol. The molecule has 0 aliphatic heterocycles. The van der Waals surface area contributed by atoms with E-state index in [-0.39, 0.29) is 5.56 Å². The number of hydrogen-bond donors (Lipinski definition) is 0. The van der Waals surface area contributed by atoms with Crippen molar-refractivity contribution in [1.82, 2.24) is 28.9 Å². The molecule has 0 spiro atoms. The third kappa shape index (κ3) is 2.48. The van der Waals surface area contributed by atoms with Gasteiger partial charge in [0.1, 0.15) is 6.33 Å². The van der Waals surface area contributed by atoms with Crippen LogP contribution >= 0.6 is 11.6 Å². The molecule has 9 heteroatoms. The van der Waals surface area contributed by atoms with Crippen molar-refractivity contribution in [2.45, 2.75) is 25.8 Å². The number of methoxy groups -OCH3 is 1. The monoisotopic (exact) mass is 398 g/mol. The molecule has 0 radical (unpaired) electrons. The summed E-state index contributed by atoms with van der Waals surface area (Å²) in [6.07, 6.45) is 4.50. The van der Waals surface area contributed by atoms with Gasteiger partial charge in [0.05, 0.1) is 34.6 Å². The van der Waals surface area contributed by atoms with E-state index in [1.54, 1.807) is 39.3 Å². The summed E-state index contributed by atoms with van der Waals surface area (Å²) >= 11 is 6.45. The number of halogens is 1. The largest absolute Gasteiger partial charge is 0.383 e. The van der Waals surface area contributed by atoms with E-state index in [9.17, 15) is 4.79 Å². The van der Waals surface area contributed by atoms with Crippen molar-refractivity contribution in [3.8, 4) is 5.82 Å². The number of hydrogen-bond acceptors (Lipinski definition) is 5. The van der Waals surface area contributed by atoms with Crippen molar-refractivity contribution in [2.24, 2.45) is 5.92 Å². The van der Waals surface area contributed by atoms with Gasteiger partial charge in [-0.2, -0.15) is 4.68 Å². The Morgan fingerprint density at radius 1 is 1.32 bits per heavy atom. The van der Waals surface area contributed by atoms with E-state index in [1.165, 1.54) is 0 Å². The molecule has 28 heavy (non-hydrogen) atoms. The molecule has 1 saturated carbocycles. The fraction of sp³-hybridized carbons (Fsp3) is 0.368. The maximum Gasteiger partial charge on any atom is 0.279 e. The fourth-order valence-corrected chi connectivity index (χ4v) is 4.13. The zero-order valence-corrected chi connectivity index (χ0v) is 16.3. The number of benzene rings is 1. The van der Waals surface area contributed by atoms with Crippen LogP contribution in [-0.2, 0) is 11.3 Å². The molecule has 8 nitrogen and oxygen atoms in total. The number of aromatic nitrogens is 6. The molecule has 1 aromatic carbocycles. The maximum absolute atomic E-state index is 13.5. The lowest BCUT2D eigenvalue weighted by molar-refractivity contribution is 0.187. The van der Waals surface area contributed by atoms with Crippen molar-refractivity contribution in [3.63, 3.8) is 0 Å². The first-order valence-corrected chi connectivity index (χ1v) is 9.57. The fourth-order valence-electron chi connectivity index (χ4n) is 3.86. The topological polar surface area (TPSA) is 79.2 Å². The van der Waals surface area contributed by atoms with Gasteiger partial charge in [0.25, 0.3) is 5.56 Å². The van der Waals surface area contributed by atoms with Gasteiger partial charge in [-0.25, -0.2) is 4.98 Å². The highest BCUT2D eigenvalue weighted by Gasteiger charge is 2.38. The molecular weight excluding hydrogens is 380 g/mol. The number of fused-ring (bicyclic) bond motifs is 3. The SMILES string of the molecule is COCCn1c(=O)c2c(-n3nncc3C3CC3C)ncn2c2cccc(Cl)c21. The van der Waals surface area contributed by atoms with Crippen LogP contribution in [0.4, 0.5) is 0 Å². The van der Waals surface area contributed by atoms with Gasteiger partial charge in [0, 0.05) is 19.6 Å². The van der Waals surface area contributed by atoms with Crippen LogP contribution in [0.25, 0.3) is 22.4 Å². The third-order valence-electron chi connectivity index (χ3n) is 5.48. The standard InChI is InChI=1S/C19H19ClN6O2/c1-11-8-12(11)15-9-22-23-26(15)18-17-19(27)24(6-7-28-2)16-13(20)4-3-5-14(16)25(17)10-21-18/h3-5,9-12H,6-8H2,1-2H3. The van der Waals surface area contributed by atoms with Crippen LogP contribution in [0.3, 0.4) is 0 Å². The van der Waals surface area contributed by atoms with Crippen molar-refractivity contribution in [3.05, 3.63) is 51.8 Å². The molecule has 144 valence electrons. The molecule has 0 saturated heterocycles. The Bertz CT molecular complexity index is 1260. The predicted octanol–water partition coefficient (Wildman–Crippen LogP) is 2.65. The lowest BCUT2D eigenvalue weighted by Crippen LogP contribution is -2.25. The smallest absolute Gasteiger partial charge is 0.279 e. The van der Waals surface area contributed by atoms with Gasteiger partial charge < -0.3 is 9.30 Å². The highest BCUT2D eigenvalue weighted by molar-refractivity contribution is 6.35. The number of para-hydroxylation sites is 1. The second-order valence-corrected chi connectivity index (χ2v) is 7.64. The molecule has 1 aliphatic carbocycles. The average molecular weight is 399 g/mol. The number of ether oxygens (including phenoxy) is 1. The van der Waals surface area contributed by atoms with E-state index in [1.807, 2.05) is 12.1 Å². The van der Waals surface area contributed by atoms with Crippen LogP contribution in [0, 0.1) is 5.92 Å². The minimum absolute atomic E-state index is 0.185. The quantitative estimate of drug-likeness (QED) is 0.516. The van der Waals surface area contributed by atoms with Crippen molar-refractivity contribution < 1.29 is 4.74 Å². The third-order valence-corrected chi connectivity index (χ3v) is 5.78. The van der Waals surface area contributed by atoms with Gasteiger partial charge in [-0.1, -0.05) is 29.8 Å². The van der Waals surface area contributed by atoms with Gasteiger partial charge in [-0.05, 0) is 24.5 Å². The van der Waals surface area contributed by atoms with Gasteiger partial charge in [0.2, 0.25) is 0 Å². The summed E-state index contributed by atoms with van der Waals surface area (Å²) < 4.78 is 10.3. The van der Waals surface area contributed by atoms with Crippen molar-refractivity contribution in [1.29, 1.82) is 0 Å². The molecule has 2 unspecified atom stereocenters. The van der Waals surface area contributed by atoms with Crippen LogP contribution in [0.2, 0.25) is 5.02 Å². The van der Waals surface area contributed by atoms with Gasteiger partial charge in [0.15, 0.2) is 11.3 Å². The van der Waals surface area contributed by atoms with E-state index < -0.39 is 0 Å². The number of nitrogens with zero attached hydrogens (tertiary/aromatic N) is 6. The molecule has 1 aliphatic rings. The second kappa shape index (κ2) is 6.42. The normalized spacial score (nSPS) is 19.0. The Balaban J connectivity index is 1.83. The molecular formula is C19H19ClN6O2. The van der Waals surface area contributed by atoms with Crippen molar-refractivity contribution >= 4 is 28.2 Å². The summed E-state index contributed by atoms with van der Waals surface area (Å²) in [5.41, 5.74) is 2.72. The first-order valence-electron chi connectivity index (χ1n) is 9.19. The second-order valence-electron chi connectivity index (χ2n) is 7.23. The molecule has 3 heterocycles. The van der Waals surface area contributed by atoms with Gasteiger partial charge >= 0.3 is 0 Å². The summed E-state index contributed by atoms with van der Waals surface area (Å²) in [7, 11) is 1.61. The summed E-state index contributed by atoms with van der Waals surface area (Å²) in [5, 5.41) is 8.81. The van der Waals surface area contributed by atoms with Crippen LogP contribution in [-0.4, -0.2) is 42.7 Å². The van der Waals surface area contributed by atoms with E-state index in [0.717, 1.165) is 17.6 Å². The molecule has 3 aromatic heterocycles. The first-order chi connectivity index (χ1) is 13.6. The molecule has 0 amide bonds. The molecule has 2 atom stereocenters. The Hall–Kier alpha value is -2.71. The molecule has 1 fully saturated rings. The van der Waals surface area contributed by atoms with Gasteiger partial charge in [-0.3, -0.25) is 9.20 Å². The molecule has 5 rings (SSSR count). The lowest BCUT2D eigenvalue weighted by atomic mass is 10.2. The Labute approximate surface area is 165 Å². The Morgan fingerprint density at radius 2 is 2.14 bits per heavy atom. The zero-order chi connectivity index (χ0) is 19.4. The van der Waals surface area contributed by atoms with Crippen LogP contribution in [0.15, 0.2) is 35.5 Å². The van der Waals surface area contributed by atoms with E-state index in [4.69, 9.17) is 16.3 Å². The molecule has 0 N–H and O–H groups in total. The highest BCUT2D eigenvalue weighted by atomic mass is 35.5. The summed E-state index contributed by atoms with van der Waals surface area (Å²) in [4.78, 5) is 18.0. The van der Waals surface area contributed by atoms with E-state index in [2.05, 4.69) is 22.2 Å². The van der Waals surface area contributed by atoms with E-state index >= 15 is 0 Å². The van der Waals surface area contributed by atoms with Crippen LogP contribution in [0.5, 0.6) is 0 Å². The lowest BCUT2D eigenvalue weighted by Gasteiger charge is -2.13. The Kier molecular flexibility index (Phi) is 3.99. The number of imidazole rings is 1. The van der Waals surface area contributed by atoms with Crippen LogP contribution < -0.4 is 5.56 Å². The number of rotatable bonds is 5. The van der Waals surface area contributed by atoms with E-state index in [0.29, 0.717) is 46.9 Å². The minimum Gasteiger partial charge on any atom is -0.383 e. The zero-order valence-electron chi connectivity index (χ0n) is 15.5. The summed E-state index contributed by atoms with van der Waals surface area (Å²) in [6.45, 7) is 2.98. The molecule has 4 aromatic rings. The van der Waals surface area contributed by atoms with Gasteiger partial charge in [-0.15, -0.1) is 5.10 Å². The Morgan fingerprint density at radius 3 is 2.89 bits per heavy atom. The summed E-state index contributed by atoms with van der Waals surface area (Å²) in [5.74, 6) is 1.48. The highest BCUT2D eigenvalue weighted by Crippen LogP contribution is 2.47. The maximum atomic E-state index is 13.5. The van der Waals surface area contributed by atoms with Crippen LogP contribution in [0.1, 0.15) is 25.0 Å². The summed E-state index contributed by atoms with van der Waals surface area (Å²) in [6, 6.07) is 5.57. The minimum atomic E-state index is -0.185.